The number of hydrogen-bond acceptors (Lipinski definition) is 5. The third-order valence-corrected chi connectivity index (χ3v) is 3.73. The van der Waals surface area contributed by atoms with Gasteiger partial charge in [-0.25, -0.2) is 0 Å². The third kappa shape index (κ3) is 3.76. The van der Waals surface area contributed by atoms with Crippen molar-refractivity contribution >= 4 is 11.8 Å². The van der Waals surface area contributed by atoms with Gasteiger partial charge in [-0.05, 0) is 30.9 Å². The van der Waals surface area contributed by atoms with Crippen LogP contribution in [0.25, 0.3) is 0 Å². The predicted octanol–water partition coefficient (Wildman–Crippen LogP) is 2.99. The second kappa shape index (κ2) is 6.36. The maximum absolute atomic E-state index is 12.2. The number of rotatable bonds is 7. The summed E-state index contributed by atoms with van der Waals surface area (Å²) in [6.45, 7) is 5.03. The van der Waals surface area contributed by atoms with Crippen LogP contribution in [0.1, 0.15) is 44.1 Å². The zero-order chi connectivity index (χ0) is 15.5. The third-order valence-electron chi connectivity index (χ3n) is 3.73. The van der Waals surface area contributed by atoms with Gasteiger partial charge in [0.2, 0.25) is 11.8 Å². The number of carbonyl (C=O) groups excluding carboxylic acids is 1. The van der Waals surface area contributed by atoms with E-state index in [2.05, 4.69) is 15.4 Å². The summed E-state index contributed by atoms with van der Waals surface area (Å²) < 4.78 is 10.5. The molecule has 0 spiro atoms. The van der Waals surface area contributed by atoms with Crippen molar-refractivity contribution in [2.75, 3.05) is 11.9 Å². The first-order valence-corrected chi connectivity index (χ1v) is 7.64. The number of anilines is 1. The van der Waals surface area contributed by atoms with Crippen LogP contribution in [0.5, 0.6) is 0 Å². The maximum Gasteiger partial charge on any atom is 0.240 e. The summed E-state index contributed by atoms with van der Waals surface area (Å²) in [6.07, 6.45) is 3.92. The van der Waals surface area contributed by atoms with Gasteiger partial charge in [0, 0.05) is 12.1 Å². The van der Waals surface area contributed by atoms with Crippen molar-refractivity contribution in [3.8, 4) is 0 Å². The van der Waals surface area contributed by atoms with Gasteiger partial charge in [0.1, 0.15) is 5.76 Å². The molecule has 0 aliphatic heterocycles. The second-order valence-electron chi connectivity index (χ2n) is 6.03. The van der Waals surface area contributed by atoms with Gasteiger partial charge in [-0.3, -0.25) is 15.0 Å². The summed E-state index contributed by atoms with van der Waals surface area (Å²) in [7, 11) is 0. The van der Waals surface area contributed by atoms with Crippen molar-refractivity contribution in [3.63, 3.8) is 0 Å². The molecule has 1 N–H and O–H groups in total. The molecule has 0 radical (unpaired) electrons. The van der Waals surface area contributed by atoms with Gasteiger partial charge in [-0.1, -0.05) is 19.0 Å². The van der Waals surface area contributed by atoms with Gasteiger partial charge < -0.3 is 8.94 Å². The molecule has 6 heteroatoms. The SMILES string of the molecule is CC(C)c1cc(NC(=O)CN(Cc2ccco2)C2CC2)on1. The van der Waals surface area contributed by atoms with E-state index in [0.29, 0.717) is 25.0 Å². The van der Waals surface area contributed by atoms with Crippen LogP contribution in [0.3, 0.4) is 0 Å². The minimum absolute atomic E-state index is 0.0927. The molecule has 1 aliphatic rings. The molecular weight excluding hydrogens is 282 g/mol. The summed E-state index contributed by atoms with van der Waals surface area (Å²) in [4.78, 5) is 14.3. The largest absolute Gasteiger partial charge is 0.468 e. The zero-order valence-corrected chi connectivity index (χ0v) is 12.9. The van der Waals surface area contributed by atoms with Crippen molar-refractivity contribution in [1.29, 1.82) is 0 Å². The highest BCUT2D eigenvalue weighted by Crippen LogP contribution is 2.28. The van der Waals surface area contributed by atoms with E-state index in [4.69, 9.17) is 8.94 Å². The minimum Gasteiger partial charge on any atom is -0.468 e. The predicted molar refractivity (Wildman–Crippen MR) is 81.4 cm³/mol. The maximum atomic E-state index is 12.2. The van der Waals surface area contributed by atoms with Gasteiger partial charge in [0.15, 0.2) is 0 Å². The summed E-state index contributed by atoms with van der Waals surface area (Å²) in [6, 6.07) is 6.04. The Balaban J connectivity index is 1.56. The van der Waals surface area contributed by atoms with Gasteiger partial charge in [0.05, 0.1) is 25.0 Å². The van der Waals surface area contributed by atoms with Crippen LogP contribution in [-0.4, -0.2) is 28.6 Å². The minimum atomic E-state index is -0.0927. The molecule has 1 fully saturated rings. The van der Waals surface area contributed by atoms with E-state index in [1.165, 1.54) is 0 Å². The fourth-order valence-corrected chi connectivity index (χ4v) is 2.34. The average Bonchev–Trinajstić information content (AvgIpc) is 2.99. The average molecular weight is 303 g/mol. The van der Waals surface area contributed by atoms with E-state index >= 15 is 0 Å². The van der Waals surface area contributed by atoms with E-state index < -0.39 is 0 Å². The van der Waals surface area contributed by atoms with Crippen LogP contribution in [0.2, 0.25) is 0 Å². The molecule has 22 heavy (non-hydrogen) atoms. The normalized spacial score (nSPS) is 14.7. The van der Waals surface area contributed by atoms with Crippen LogP contribution >= 0.6 is 0 Å². The summed E-state index contributed by atoms with van der Waals surface area (Å²) in [5, 5.41) is 6.71. The highest BCUT2D eigenvalue weighted by atomic mass is 16.5. The Morgan fingerprint density at radius 1 is 1.50 bits per heavy atom. The molecule has 0 atom stereocenters. The van der Waals surface area contributed by atoms with E-state index in [0.717, 1.165) is 24.3 Å². The molecule has 2 aromatic heterocycles. The number of nitrogens with zero attached hydrogens (tertiary/aromatic N) is 2. The highest BCUT2D eigenvalue weighted by Gasteiger charge is 2.31. The van der Waals surface area contributed by atoms with E-state index in [-0.39, 0.29) is 11.8 Å². The fraction of sp³-hybridized carbons (Fsp3) is 0.500. The number of carbonyl (C=O) groups is 1. The molecule has 1 aliphatic carbocycles. The molecule has 0 aromatic carbocycles. The lowest BCUT2D eigenvalue weighted by Crippen LogP contribution is -2.34. The Morgan fingerprint density at radius 2 is 2.32 bits per heavy atom. The van der Waals surface area contributed by atoms with Crippen LogP contribution < -0.4 is 5.32 Å². The molecule has 0 saturated heterocycles. The van der Waals surface area contributed by atoms with Crippen molar-refractivity contribution in [2.24, 2.45) is 0 Å². The molecule has 118 valence electrons. The molecule has 1 amide bonds. The van der Waals surface area contributed by atoms with Crippen LogP contribution in [-0.2, 0) is 11.3 Å². The van der Waals surface area contributed by atoms with E-state index in [1.54, 1.807) is 12.3 Å². The Morgan fingerprint density at radius 3 is 2.91 bits per heavy atom. The van der Waals surface area contributed by atoms with Gasteiger partial charge >= 0.3 is 0 Å². The fourth-order valence-electron chi connectivity index (χ4n) is 2.34. The first kappa shape index (κ1) is 14.8. The second-order valence-corrected chi connectivity index (χ2v) is 6.03. The Hall–Kier alpha value is -2.08. The quantitative estimate of drug-likeness (QED) is 0.851. The molecule has 3 rings (SSSR count). The van der Waals surface area contributed by atoms with Gasteiger partial charge in [-0.15, -0.1) is 0 Å². The highest BCUT2D eigenvalue weighted by molar-refractivity contribution is 5.91. The lowest BCUT2D eigenvalue weighted by atomic mass is 10.1. The van der Waals surface area contributed by atoms with E-state index in [1.807, 2.05) is 26.0 Å². The Bertz CT molecular complexity index is 614. The monoisotopic (exact) mass is 303 g/mol. The molecule has 6 nitrogen and oxygen atoms in total. The molecular formula is C16H21N3O3. The first-order valence-electron chi connectivity index (χ1n) is 7.64. The molecule has 2 heterocycles. The summed E-state index contributed by atoms with van der Waals surface area (Å²) in [5.41, 5.74) is 0.838. The molecule has 1 saturated carbocycles. The molecule has 2 aromatic rings. The number of furan rings is 1. The number of amides is 1. The smallest absolute Gasteiger partial charge is 0.240 e. The molecule has 0 bridgehead atoms. The summed E-state index contributed by atoms with van der Waals surface area (Å²) in [5.74, 6) is 1.46. The number of aromatic nitrogens is 1. The van der Waals surface area contributed by atoms with Crippen molar-refractivity contribution < 1.29 is 13.7 Å². The molecule has 0 unspecified atom stereocenters. The van der Waals surface area contributed by atoms with Crippen molar-refractivity contribution in [3.05, 3.63) is 35.9 Å². The lowest BCUT2D eigenvalue weighted by molar-refractivity contribution is -0.117. The van der Waals surface area contributed by atoms with Crippen molar-refractivity contribution in [1.82, 2.24) is 10.1 Å². The van der Waals surface area contributed by atoms with Gasteiger partial charge in [0.25, 0.3) is 0 Å². The Labute approximate surface area is 129 Å². The van der Waals surface area contributed by atoms with E-state index in [9.17, 15) is 4.79 Å². The first-order chi connectivity index (χ1) is 10.6. The lowest BCUT2D eigenvalue weighted by Gasteiger charge is -2.19. The summed E-state index contributed by atoms with van der Waals surface area (Å²) >= 11 is 0. The standard InChI is InChI=1S/C16H21N3O3/c1-11(2)14-8-16(22-18-14)17-15(20)10-19(12-5-6-12)9-13-4-3-7-21-13/h3-4,7-8,11-12H,5-6,9-10H2,1-2H3,(H,17,20). The number of nitrogens with one attached hydrogen (secondary N) is 1. The zero-order valence-electron chi connectivity index (χ0n) is 12.9. The Kier molecular flexibility index (Phi) is 4.29. The van der Waals surface area contributed by atoms with Crippen LogP contribution in [0.4, 0.5) is 5.88 Å². The topological polar surface area (TPSA) is 71.5 Å². The van der Waals surface area contributed by atoms with Gasteiger partial charge in [-0.2, -0.15) is 0 Å². The number of hydrogen-bond donors (Lipinski definition) is 1. The van der Waals surface area contributed by atoms with Crippen LogP contribution in [0, 0.1) is 0 Å². The van der Waals surface area contributed by atoms with Crippen molar-refractivity contribution in [2.45, 2.75) is 45.2 Å². The van der Waals surface area contributed by atoms with Crippen LogP contribution in [0.15, 0.2) is 33.4 Å².